The van der Waals surface area contributed by atoms with Crippen molar-refractivity contribution in [1.82, 2.24) is 24.8 Å². The van der Waals surface area contributed by atoms with Crippen LogP contribution in [0.15, 0.2) is 48.9 Å². The van der Waals surface area contributed by atoms with Crippen molar-refractivity contribution >= 4 is 17.5 Å². The van der Waals surface area contributed by atoms with Crippen LogP contribution in [0.3, 0.4) is 0 Å². The summed E-state index contributed by atoms with van der Waals surface area (Å²) < 4.78 is 0. The monoisotopic (exact) mass is 374 g/mol. The second-order valence-corrected chi connectivity index (χ2v) is 6.92. The van der Waals surface area contributed by atoms with Gasteiger partial charge in [0, 0.05) is 36.5 Å². The molecule has 4 rings (SSSR count). The summed E-state index contributed by atoms with van der Waals surface area (Å²) in [6, 6.07) is 9.33. The summed E-state index contributed by atoms with van der Waals surface area (Å²) in [5.74, 6) is 1.31. The third kappa shape index (κ3) is 3.69. The molecule has 1 N–H and O–H groups in total. The van der Waals surface area contributed by atoms with Gasteiger partial charge in [-0.2, -0.15) is 0 Å². The predicted octanol–water partition coefficient (Wildman–Crippen LogP) is 3.60. The van der Waals surface area contributed by atoms with Gasteiger partial charge in [0.25, 0.3) is 5.91 Å². The van der Waals surface area contributed by atoms with Crippen molar-refractivity contribution in [2.75, 3.05) is 11.9 Å². The van der Waals surface area contributed by atoms with E-state index < -0.39 is 0 Å². The lowest BCUT2D eigenvalue weighted by Crippen LogP contribution is -2.31. The van der Waals surface area contributed by atoms with Crippen LogP contribution in [0.25, 0.3) is 0 Å². The van der Waals surface area contributed by atoms with Crippen LogP contribution in [-0.4, -0.2) is 37.3 Å². The number of anilines is 2. The number of nitrogens with one attached hydrogen (secondary N) is 1. The van der Waals surface area contributed by atoms with E-state index in [1.807, 2.05) is 49.1 Å². The van der Waals surface area contributed by atoms with Crippen LogP contribution in [0.2, 0.25) is 0 Å². The van der Waals surface area contributed by atoms with Crippen molar-refractivity contribution < 1.29 is 4.79 Å². The molecule has 4 heterocycles. The molecule has 3 aromatic heterocycles. The Bertz CT molecular complexity index is 988. The Kier molecular flexibility index (Phi) is 4.97. The number of hydrogen-bond donors (Lipinski definition) is 1. The second-order valence-electron chi connectivity index (χ2n) is 6.92. The average molecular weight is 374 g/mol. The minimum atomic E-state index is -0.130. The number of carbonyl (C=O) groups excluding carboxylic acids is 1. The Balaban J connectivity index is 1.62. The van der Waals surface area contributed by atoms with Crippen molar-refractivity contribution in [1.29, 1.82) is 0 Å². The van der Waals surface area contributed by atoms with Crippen LogP contribution in [-0.2, 0) is 0 Å². The molecule has 0 aromatic carbocycles. The molecule has 7 heteroatoms. The lowest BCUT2D eigenvalue weighted by atomic mass is 10.1. The zero-order valence-corrected chi connectivity index (χ0v) is 16.0. The Labute approximate surface area is 163 Å². The van der Waals surface area contributed by atoms with Crippen molar-refractivity contribution in [3.63, 3.8) is 0 Å². The first-order chi connectivity index (χ1) is 13.6. The van der Waals surface area contributed by atoms with Crippen molar-refractivity contribution in [3.05, 3.63) is 71.6 Å². The first-order valence-electron chi connectivity index (χ1n) is 9.37. The first kappa shape index (κ1) is 18.0. The molecule has 0 spiro atoms. The zero-order chi connectivity index (χ0) is 19.5. The van der Waals surface area contributed by atoms with Gasteiger partial charge in [0.05, 0.1) is 11.6 Å². The normalized spacial score (nSPS) is 16.2. The first-order valence-corrected chi connectivity index (χ1v) is 9.37. The molecule has 1 aliphatic rings. The van der Waals surface area contributed by atoms with E-state index in [-0.39, 0.29) is 11.9 Å². The van der Waals surface area contributed by atoms with E-state index in [0.29, 0.717) is 23.7 Å². The van der Waals surface area contributed by atoms with Crippen LogP contribution in [0, 0.1) is 13.8 Å². The van der Waals surface area contributed by atoms with Crippen molar-refractivity contribution in [2.24, 2.45) is 0 Å². The summed E-state index contributed by atoms with van der Waals surface area (Å²) >= 11 is 0. The van der Waals surface area contributed by atoms with Crippen LogP contribution >= 0.6 is 0 Å². The summed E-state index contributed by atoms with van der Waals surface area (Å²) in [4.78, 5) is 32.7. The van der Waals surface area contributed by atoms with E-state index >= 15 is 0 Å². The molecule has 28 heavy (non-hydrogen) atoms. The number of rotatable bonds is 4. The highest BCUT2D eigenvalue weighted by Gasteiger charge is 2.33. The van der Waals surface area contributed by atoms with E-state index in [0.717, 1.165) is 29.9 Å². The smallest absolute Gasteiger partial charge is 0.255 e. The van der Waals surface area contributed by atoms with Gasteiger partial charge in [0.15, 0.2) is 5.82 Å². The van der Waals surface area contributed by atoms with Crippen molar-refractivity contribution in [3.8, 4) is 0 Å². The summed E-state index contributed by atoms with van der Waals surface area (Å²) in [5, 5.41) is 3.26. The maximum absolute atomic E-state index is 13.1. The van der Waals surface area contributed by atoms with Gasteiger partial charge in [-0.15, -0.1) is 0 Å². The summed E-state index contributed by atoms with van der Waals surface area (Å²) in [5.41, 5.74) is 3.16. The molecular weight excluding hydrogens is 352 g/mol. The van der Waals surface area contributed by atoms with E-state index in [1.165, 1.54) is 0 Å². The molecule has 7 nitrogen and oxygen atoms in total. The van der Waals surface area contributed by atoms with Gasteiger partial charge >= 0.3 is 0 Å². The van der Waals surface area contributed by atoms with E-state index in [4.69, 9.17) is 0 Å². The topological polar surface area (TPSA) is 83.9 Å². The fourth-order valence-electron chi connectivity index (χ4n) is 3.48. The van der Waals surface area contributed by atoms with Gasteiger partial charge in [-0.05, 0) is 51.0 Å². The molecule has 0 aliphatic carbocycles. The van der Waals surface area contributed by atoms with Crippen LogP contribution in [0.4, 0.5) is 11.6 Å². The molecule has 0 bridgehead atoms. The third-order valence-electron chi connectivity index (χ3n) is 4.85. The lowest BCUT2D eigenvalue weighted by molar-refractivity contribution is 0.0733. The molecule has 0 unspecified atom stereocenters. The molecule has 1 fully saturated rings. The fourth-order valence-corrected chi connectivity index (χ4v) is 3.48. The fraction of sp³-hybridized carbons (Fsp3) is 0.286. The van der Waals surface area contributed by atoms with E-state index in [1.54, 1.807) is 18.6 Å². The minimum Gasteiger partial charge on any atom is -0.330 e. The number of hydrogen-bond acceptors (Lipinski definition) is 6. The highest BCUT2D eigenvalue weighted by Crippen LogP contribution is 2.35. The molecule has 1 saturated heterocycles. The summed E-state index contributed by atoms with van der Waals surface area (Å²) in [6.07, 6.45) is 6.72. The van der Waals surface area contributed by atoms with E-state index in [2.05, 4.69) is 25.3 Å². The largest absolute Gasteiger partial charge is 0.330 e. The standard InChI is InChI=1S/C21H22N6O/c1-14-8-9-16(13-24-14)21(28)27-12-4-6-17(27)19-20(23-11-10-22-19)26-18-7-3-5-15(2)25-18/h3,5,7-11,13,17H,4,6,12H2,1-2H3,(H,23,25,26)/t17-/m0/s1. The van der Waals surface area contributed by atoms with Gasteiger partial charge < -0.3 is 10.2 Å². The molecule has 142 valence electrons. The number of aromatic nitrogens is 4. The summed E-state index contributed by atoms with van der Waals surface area (Å²) in [7, 11) is 0. The zero-order valence-electron chi connectivity index (χ0n) is 16.0. The van der Waals surface area contributed by atoms with Crippen LogP contribution < -0.4 is 5.32 Å². The Morgan fingerprint density at radius 2 is 1.93 bits per heavy atom. The minimum absolute atomic E-state index is 0.0275. The molecule has 3 aromatic rings. The summed E-state index contributed by atoms with van der Waals surface area (Å²) in [6.45, 7) is 4.54. The highest BCUT2D eigenvalue weighted by molar-refractivity contribution is 5.94. The van der Waals surface area contributed by atoms with Gasteiger partial charge in [-0.25, -0.2) is 9.97 Å². The molecule has 0 saturated carbocycles. The lowest BCUT2D eigenvalue weighted by Gasteiger charge is -2.25. The Morgan fingerprint density at radius 1 is 1.07 bits per heavy atom. The maximum atomic E-state index is 13.1. The second kappa shape index (κ2) is 7.72. The number of likely N-dealkylation sites (tertiary alicyclic amines) is 1. The molecule has 1 aliphatic heterocycles. The van der Waals surface area contributed by atoms with E-state index in [9.17, 15) is 4.79 Å². The molecule has 1 amide bonds. The molecular formula is C21H22N6O. The molecule has 0 radical (unpaired) electrons. The predicted molar refractivity (Wildman–Crippen MR) is 106 cm³/mol. The quantitative estimate of drug-likeness (QED) is 0.751. The number of pyridine rings is 2. The highest BCUT2D eigenvalue weighted by atomic mass is 16.2. The van der Waals surface area contributed by atoms with Crippen molar-refractivity contribution in [2.45, 2.75) is 32.7 Å². The Hall–Kier alpha value is -3.35. The average Bonchev–Trinajstić information content (AvgIpc) is 3.18. The number of aryl methyl sites for hydroxylation is 2. The maximum Gasteiger partial charge on any atom is 0.255 e. The van der Waals surface area contributed by atoms with Gasteiger partial charge in [-0.3, -0.25) is 14.8 Å². The van der Waals surface area contributed by atoms with Gasteiger partial charge in [0.1, 0.15) is 11.5 Å². The number of carbonyl (C=O) groups is 1. The third-order valence-corrected chi connectivity index (χ3v) is 4.85. The SMILES string of the molecule is Cc1ccc(C(=O)N2CCC[C@H]2c2nccnc2Nc2cccc(C)n2)cn1. The van der Waals surface area contributed by atoms with Crippen LogP contribution in [0.5, 0.6) is 0 Å². The van der Waals surface area contributed by atoms with Gasteiger partial charge in [-0.1, -0.05) is 6.07 Å². The Morgan fingerprint density at radius 3 is 2.71 bits per heavy atom. The number of amides is 1. The van der Waals surface area contributed by atoms with Gasteiger partial charge in [0.2, 0.25) is 0 Å². The van der Waals surface area contributed by atoms with Crippen LogP contribution in [0.1, 0.15) is 46.3 Å². The number of nitrogens with zero attached hydrogens (tertiary/aromatic N) is 5. The molecule has 1 atom stereocenters.